The van der Waals surface area contributed by atoms with Gasteiger partial charge in [0.2, 0.25) is 0 Å². The van der Waals surface area contributed by atoms with E-state index < -0.39 is 0 Å². The van der Waals surface area contributed by atoms with Gasteiger partial charge in [0.25, 0.3) is 0 Å². The van der Waals surface area contributed by atoms with Crippen LogP contribution in [0.15, 0.2) is 53.3 Å². The van der Waals surface area contributed by atoms with Crippen LogP contribution in [0, 0.1) is 0 Å². The number of hydrogen-bond acceptors (Lipinski definition) is 3. The second kappa shape index (κ2) is 7.12. The van der Waals surface area contributed by atoms with Crippen LogP contribution >= 0.6 is 0 Å². The Bertz CT molecular complexity index is 453. The first-order chi connectivity index (χ1) is 9.31. The van der Waals surface area contributed by atoms with E-state index in [1.165, 1.54) is 11.1 Å². The molecule has 102 valence electrons. The molecule has 3 nitrogen and oxygen atoms in total. The van der Waals surface area contributed by atoms with Gasteiger partial charge < -0.3 is 10.2 Å². The Kier molecular flexibility index (Phi) is 5.19. The highest BCUT2D eigenvalue weighted by Gasteiger charge is 2.16. The fourth-order valence-electron chi connectivity index (χ4n) is 2.25. The zero-order valence-electron chi connectivity index (χ0n) is 11.5. The third kappa shape index (κ3) is 3.94. The molecule has 0 bridgehead atoms. The predicted molar refractivity (Wildman–Crippen MR) is 77.6 cm³/mol. The van der Waals surface area contributed by atoms with Crippen molar-refractivity contribution in [2.24, 2.45) is 5.73 Å². The lowest BCUT2D eigenvalue weighted by Crippen LogP contribution is -2.28. The molecule has 3 heteroatoms. The zero-order chi connectivity index (χ0) is 13.5. The first kappa shape index (κ1) is 13.8. The van der Waals surface area contributed by atoms with Crippen LogP contribution in [0.5, 0.6) is 0 Å². The first-order valence-corrected chi connectivity index (χ1v) is 6.81. The molecule has 0 amide bonds. The summed E-state index contributed by atoms with van der Waals surface area (Å²) < 4.78 is 5.19. The predicted octanol–water partition coefficient (Wildman–Crippen LogP) is 3.19. The number of benzene rings is 1. The summed E-state index contributed by atoms with van der Waals surface area (Å²) in [6, 6.07) is 12.9. The number of rotatable bonds is 7. The summed E-state index contributed by atoms with van der Waals surface area (Å²) in [5.74, 6) is 0. The van der Waals surface area contributed by atoms with E-state index in [-0.39, 0.29) is 0 Å². The van der Waals surface area contributed by atoms with Crippen molar-refractivity contribution in [3.8, 4) is 0 Å². The summed E-state index contributed by atoms with van der Waals surface area (Å²) in [6.07, 6.45) is 4.57. The highest BCUT2D eigenvalue weighted by Crippen LogP contribution is 2.22. The lowest BCUT2D eigenvalue weighted by molar-refractivity contribution is 0.199. The summed E-state index contributed by atoms with van der Waals surface area (Å²) in [5, 5.41) is 0. The Balaban J connectivity index is 2.07. The van der Waals surface area contributed by atoms with Gasteiger partial charge in [0.15, 0.2) is 0 Å². The highest BCUT2D eigenvalue weighted by molar-refractivity contribution is 5.16. The van der Waals surface area contributed by atoms with Gasteiger partial charge in [0.1, 0.15) is 0 Å². The monoisotopic (exact) mass is 258 g/mol. The minimum Gasteiger partial charge on any atom is -0.472 e. The van der Waals surface area contributed by atoms with Gasteiger partial charge in [0, 0.05) is 24.7 Å². The van der Waals surface area contributed by atoms with Crippen LogP contribution in [0.4, 0.5) is 0 Å². The summed E-state index contributed by atoms with van der Waals surface area (Å²) in [4.78, 5) is 2.44. The van der Waals surface area contributed by atoms with Gasteiger partial charge in [-0.05, 0) is 31.5 Å². The second-order valence-corrected chi connectivity index (χ2v) is 4.83. The van der Waals surface area contributed by atoms with Crippen LogP contribution in [0.3, 0.4) is 0 Å². The minimum absolute atomic E-state index is 0.338. The smallest absolute Gasteiger partial charge is 0.0950 e. The van der Waals surface area contributed by atoms with Crippen LogP contribution < -0.4 is 5.73 Å². The molecule has 1 unspecified atom stereocenters. The van der Waals surface area contributed by atoms with E-state index in [0.29, 0.717) is 6.04 Å². The van der Waals surface area contributed by atoms with E-state index >= 15 is 0 Å². The van der Waals surface area contributed by atoms with E-state index in [1.54, 1.807) is 6.26 Å². The van der Waals surface area contributed by atoms with Crippen molar-refractivity contribution >= 4 is 0 Å². The largest absolute Gasteiger partial charge is 0.472 e. The van der Waals surface area contributed by atoms with E-state index in [2.05, 4.69) is 36.1 Å². The molecule has 0 radical (unpaired) electrons. The van der Waals surface area contributed by atoms with Gasteiger partial charge in [-0.2, -0.15) is 0 Å². The summed E-state index contributed by atoms with van der Waals surface area (Å²) >= 11 is 0. The van der Waals surface area contributed by atoms with Gasteiger partial charge in [-0.25, -0.2) is 0 Å². The van der Waals surface area contributed by atoms with Crippen molar-refractivity contribution in [1.82, 2.24) is 4.90 Å². The van der Waals surface area contributed by atoms with Gasteiger partial charge in [-0.3, -0.25) is 4.90 Å². The Hall–Kier alpha value is -1.58. The van der Waals surface area contributed by atoms with Crippen molar-refractivity contribution in [2.75, 3.05) is 13.1 Å². The van der Waals surface area contributed by atoms with Crippen molar-refractivity contribution < 1.29 is 4.42 Å². The van der Waals surface area contributed by atoms with Gasteiger partial charge in [-0.15, -0.1) is 0 Å². The molecule has 2 aromatic rings. The number of furan rings is 1. The van der Waals surface area contributed by atoms with E-state index in [0.717, 1.165) is 26.1 Å². The lowest BCUT2D eigenvalue weighted by Gasteiger charge is -2.28. The second-order valence-electron chi connectivity index (χ2n) is 4.83. The van der Waals surface area contributed by atoms with Crippen LogP contribution in [0.25, 0.3) is 0 Å². The molecule has 1 heterocycles. The SMILES string of the molecule is CC(c1ccoc1)N(CCCN)Cc1ccccc1. The number of hydrogen-bond donors (Lipinski definition) is 1. The quantitative estimate of drug-likeness (QED) is 0.829. The molecule has 0 aliphatic rings. The Morgan fingerprint density at radius 2 is 2.00 bits per heavy atom. The van der Waals surface area contributed by atoms with Crippen molar-refractivity contribution in [3.05, 3.63) is 60.1 Å². The molecule has 0 saturated carbocycles. The standard InChI is InChI=1S/C16H22N2O/c1-14(16-8-11-19-13-16)18(10-5-9-17)12-15-6-3-2-4-7-15/h2-4,6-8,11,13-14H,5,9-10,12,17H2,1H3. The van der Waals surface area contributed by atoms with Gasteiger partial charge in [-0.1, -0.05) is 30.3 Å². The van der Waals surface area contributed by atoms with Crippen LogP contribution in [0.2, 0.25) is 0 Å². The maximum absolute atomic E-state index is 5.64. The fourth-order valence-corrected chi connectivity index (χ4v) is 2.25. The summed E-state index contributed by atoms with van der Waals surface area (Å²) in [7, 11) is 0. The van der Waals surface area contributed by atoms with Crippen LogP contribution in [0.1, 0.15) is 30.5 Å². The van der Waals surface area contributed by atoms with Crippen LogP contribution in [-0.4, -0.2) is 18.0 Å². The molecule has 2 rings (SSSR count). The zero-order valence-corrected chi connectivity index (χ0v) is 11.5. The Morgan fingerprint density at radius 1 is 1.21 bits per heavy atom. The molecule has 0 saturated heterocycles. The molecular weight excluding hydrogens is 236 g/mol. The molecule has 0 aliphatic heterocycles. The van der Waals surface area contributed by atoms with Crippen LogP contribution in [-0.2, 0) is 6.54 Å². The third-order valence-electron chi connectivity index (χ3n) is 3.45. The van der Waals surface area contributed by atoms with Gasteiger partial charge in [0.05, 0.1) is 12.5 Å². The maximum Gasteiger partial charge on any atom is 0.0950 e. The molecule has 1 aromatic heterocycles. The molecule has 19 heavy (non-hydrogen) atoms. The van der Waals surface area contributed by atoms with Crippen molar-refractivity contribution in [3.63, 3.8) is 0 Å². The molecule has 0 spiro atoms. The average Bonchev–Trinajstić information content (AvgIpc) is 2.98. The minimum atomic E-state index is 0.338. The molecule has 2 N–H and O–H groups in total. The topological polar surface area (TPSA) is 42.4 Å². The lowest BCUT2D eigenvalue weighted by atomic mass is 10.1. The fraction of sp³-hybridized carbons (Fsp3) is 0.375. The first-order valence-electron chi connectivity index (χ1n) is 6.81. The van der Waals surface area contributed by atoms with E-state index in [4.69, 9.17) is 10.2 Å². The molecule has 0 aliphatic carbocycles. The normalized spacial score (nSPS) is 12.8. The highest BCUT2D eigenvalue weighted by atomic mass is 16.3. The molecule has 1 aromatic carbocycles. The molecule has 0 fully saturated rings. The van der Waals surface area contributed by atoms with Crippen molar-refractivity contribution in [1.29, 1.82) is 0 Å². The third-order valence-corrected chi connectivity index (χ3v) is 3.45. The Labute approximate surface area is 115 Å². The summed E-state index contributed by atoms with van der Waals surface area (Å²) in [6.45, 7) is 4.87. The number of nitrogens with zero attached hydrogens (tertiary/aromatic N) is 1. The average molecular weight is 258 g/mol. The van der Waals surface area contributed by atoms with E-state index in [9.17, 15) is 0 Å². The number of nitrogens with two attached hydrogens (primary N) is 1. The molecule has 1 atom stereocenters. The van der Waals surface area contributed by atoms with Crippen molar-refractivity contribution in [2.45, 2.75) is 25.9 Å². The summed E-state index contributed by atoms with van der Waals surface area (Å²) in [5.41, 5.74) is 8.19. The maximum atomic E-state index is 5.64. The van der Waals surface area contributed by atoms with E-state index in [1.807, 2.05) is 18.4 Å². The Morgan fingerprint density at radius 3 is 2.63 bits per heavy atom. The van der Waals surface area contributed by atoms with Gasteiger partial charge >= 0.3 is 0 Å². The molecular formula is C16H22N2O.